The fourth-order valence-electron chi connectivity index (χ4n) is 1.86. The minimum Gasteiger partial charge on any atom is -0.326 e. The topological polar surface area (TPSA) is 58.4 Å². The highest BCUT2D eigenvalue weighted by atomic mass is 16.2. The second kappa shape index (κ2) is 7.26. The second-order valence-electron chi connectivity index (χ2n) is 5.35. The van der Waals surface area contributed by atoms with Crippen molar-refractivity contribution in [3.63, 3.8) is 0 Å². The average Bonchev–Trinajstić information content (AvgIpc) is 2.37. The first-order chi connectivity index (χ1) is 8.93. The largest absolute Gasteiger partial charge is 0.326 e. The lowest BCUT2D eigenvalue weighted by Gasteiger charge is -2.27. The molecule has 0 heterocycles. The molecule has 0 aliphatic rings. The maximum absolute atomic E-state index is 12.0. The molecule has 0 aliphatic heterocycles. The number of likely N-dealkylation sites (N-methyl/N-ethyl adjacent to an activating group) is 1. The first-order valence-electron chi connectivity index (χ1n) is 6.73. The quantitative estimate of drug-likeness (QED) is 0.826. The Balaban J connectivity index is 2.55. The highest BCUT2D eigenvalue weighted by Gasteiger charge is 2.15. The molecule has 1 rings (SSSR count). The smallest absolute Gasteiger partial charge is 0.238 e. The van der Waals surface area contributed by atoms with Crippen molar-refractivity contribution in [3.05, 3.63) is 29.8 Å². The number of carbonyl (C=O) groups is 1. The van der Waals surface area contributed by atoms with Gasteiger partial charge >= 0.3 is 0 Å². The monoisotopic (exact) mass is 263 g/mol. The zero-order valence-corrected chi connectivity index (χ0v) is 12.3. The third-order valence-electron chi connectivity index (χ3n) is 3.50. The van der Waals surface area contributed by atoms with Crippen LogP contribution >= 0.6 is 0 Å². The van der Waals surface area contributed by atoms with Gasteiger partial charge in [0, 0.05) is 18.3 Å². The van der Waals surface area contributed by atoms with E-state index in [4.69, 9.17) is 5.73 Å². The molecule has 0 spiro atoms. The van der Waals surface area contributed by atoms with Gasteiger partial charge in [-0.15, -0.1) is 0 Å². The highest BCUT2D eigenvalue weighted by molar-refractivity contribution is 5.92. The Morgan fingerprint density at radius 3 is 2.63 bits per heavy atom. The van der Waals surface area contributed by atoms with Crippen LogP contribution in [-0.4, -0.2) is 30.4 Å². The van der Waals surface area contributed by atoms with Gasteiger partial charge in [-0.05, 0) is 37.6 Å². The van der Waals surface area contributed by atoms with Crippen LogP contribution in [0.5, 0.6) is 0 Å². The molecule has 1 aromatic rings. The van der Waals surface area contributed by atoms with E-state index in [-0.39, 0.29) is 5.91 Å². The Bertz CT molecular complexity index is 418. The van der Waals surface area contributed by atoms with Crippen LogP contribution in [0.25, 0.3) is 0 Å². The Kier molecular flexibility index (Phi) is 5.99. The number of rotatable bonds is 6. The Morgan fingerprint density at radius 1 is 1.37 bits per heavy atom. The van der Waals surface area contributed by atoms with Gasteiger partial charge in [0.05, 0.1) is 6.54 Å². The molecule has 0 aliphatic carbocycles. The standard InChI is InChI=1S/C15H25N3O/c1-11(2)12(3)18(4)10-15(19)17-14-7-5-6-13(8-14)9-16/h5-8,11-12H,9-10,16H2,1-4H3,(H,17,19). The number of hydrogen-bond acceptors (Lipinski definition) is 3. The van der Waals surface area contributed by atoms with E-state index in [0.29, 0.717) is 25.0 Å². The molecule has 0 fully saturated rings. The summed E-state index contributed by atoms with van der Waals surface area (Å²) in [6.45, 7) is 7.32. The van der Waals surface area contributed by atoms with Crippen LogP contribution in [-0.2, 0) is 11.3 Å². The van der Waals surface area contributed by atoms with Crippen molar-refractivity contribution in [2.45, 2.75) is 33.4 Å². The van der Waals surface area contributed by atoms with E-state index >= 15 is 0 Å². The van der Waals surface area contributed by atoms with E-state index in [1.54, 1.807) is 0 Å². The molecule has 1 aromatic carbocycles. The molecule has 0 saturated heterocycles. The van der Waals surface area contributed by atoms with E-state index in [2.05, 4.69) is 31.0 Å². The number of benzene rings is 1. The molecule has 1 atom stereocenters. The van der Waals surface area contributed by atoms with Crippen LogP contribution in [0.2, 0.25) is 0 Å². The van der Waals surface area contributed by atoms with Crippen molar-refractivity contribution in [1.82, 2.24) is 4.90 Å². The molecular formula is C15H25N3O. The van der Waals surface area contributed by atoms with Crippen molar-refractivity contribution in [1.29, 1.82) is 0 Å². The van der Waals surface area contributed by atoms with Crippen LogP contribution in [0, 0.1) is 5.92 Å². The zero-order valence-electron chi connectivity index (χ0n) is 12.3. The van der Waals surface area contributed by atoms with Crippen molar-refractivity contribution in [3.8, 4) is 0 Å². The molecule has 0 radical (unpaired) electrons. The Hall–Kier alpha value is -1.39. The molecule has 1 unspecified atom stereocenters. The lowest BCUT2D eigenvalue weighted by molar-refractivity contribution is -0.117. The third-order valence-corrected chi connectivity index (χ3v) is 3.50. The Labute approximate surface area is 116 Å². The molecule has 0 aromatic heterocycles. The Morgan fingerprint density at radius 2 is 2.05 bits per heavy atom. The fourth-order valence-corrected chi connectivity index (χ4v) is 1.86. The summed E-state index contributed by atoms with van der Waals surface area (Å²) in [7, 11) is 1.97. The molecule has 106 valence electrons. The third kappa shape index (κ3) is 5.01. The number of carbonyl (C=O) groups excluding carboxylic acids is 1. The zero-order chi connectivity index (χ0) is 14.4. The summed E-state index contributed by atoms with van der Waals surface area (Å²) >= 11 is 0. The summed E-state index contributed by atoms with van der Waals surface area (Å²) in [5.41, 5.74) is 7.40. The molecule has 0 bridgehead atoms. The number of anilines is 1. The van der Waals surface area contributed by atoms with Crippen LogP contribution in [0.1, 0.15) is 26.3 Å². The van der Waals surface area contributed by atoms with Crippen molar-refractivity contribution in [2.24, 2.45) is 11.7 Å². The van der Waals surface area contributed by atoms with Gasteiger partial charge in [0.1, 0.15) is 0 Å². The maximum atomic E-state index is 12.0. The van der Waals surface area contributed by atoms with Gasteiger partial charge in [0.25, 0.3) is 0 Å². The lowest BCUT2D eigenvalue weighted by Crippen LogP contribution is -2.39. The predicted octanol–water partition coefficient (Wildman–Crippen LogP) is 2.06. The highest BCUT2D eigenvalue weighted by Crippen LogP contribution is 2.11. The average molecular weight is 263 g/mol. The number of nitrogens with one attached hydrogen (secondary N) is 1. The fraction of sp³-hybridized carbons (Fsp3) is 0.533. The summed E-state index contributed by atoms with van der Waals surface area (Å²) in [4.78, 5) is 14.0. The van der Waals surface area contributed by atoms with E-state index < -0.39 is 0 Å². The van der Waals surface area contributed by atoms with Gasteiger partial charge in [-0.25, -0.2) is 0 Å². The first kappa shape index (κ1) is 15.7. The van der Waals surface area contributed by atoms with Gasteiger partial charge < -0.3 is 11.1 Å². The molecule has 3 N–H and O–H groups in total. The predicted molar refractivity (Wildman–Crippen MR) is 79.9 cm³/mol. The van der Waals surface area contributed by atoms with Crippen LogP contribution in [0.4, 0.5) is 5.69 Å². The molecular weight excluding hydrogens is 238 g/mol. The van der Waals surface area contributed by atoms with E-state index in [1.165, 1.54) is 0 Å². The van der Waals surface area contributed by atoms with Gasteiger partial charge in [-0.3, -0.25) is 9.69 Å². The van der Waals surface area contributed by atoms with Crippen LogP contribution in [0.3, 0.4) is 0 Å². The second-order valence-corrected chi connectivity index (χ2v) is 5.35. The minimum absolute atomic E-state index is 0.00386. The van der Waals surface area contributed by atoms with Crippen molar-refractivity contribution in [2.75, 3.05) is 18.9 Å². The minimum atomic E-state index is 0.00386. The number of amides is 1. The lowest BCUT2D eigenvalue weighted by atomic mass is 10.1. The molecule has 1 amide bonds. The molecule has 0 saturated carbocycles. The van der Waals surface area contributed by atoms with Crippen LogP contribution < -0.4 is 11.1 Å². The summed E-state index contributed by atoms with van der Waals surface area (Å²) in [6.07, 6.45) is 0. The summed E-state index contributed by atoms with van der Waals surface area (Å²) < 4.78 is 0. The van der Waals surface area contributed by atoms with Crippen molar-refractivity contribution >= 4 is 11.6 Å². The summed E-state index contributed by atoms with van der Waals surface area (Å²) in [6, 6.07) is 8.01. The van der Waals surface area contributed by atoms with E-state index in [9.17, 15) is 4.79 Å². The molecule has 4 heteroatoms. The SMILES string of the molecule is CC(C)C(C)N(C)CC(=O)Nc1cccc(CN)c1. The first-order valence-corrected chi connectivity index (χ1v) is 6.73. The normalized spacial score (nSPS) is 12.8. The number of hydrogen-bond donors (Lipinski definition) is 2. The summed E-state index contributed by atoms with van der Waals surface area (Å²) in [5, 5.41) is 2.91. The number of nitrogens with zero attached hydrogens (tertiary/aromatic N) is 1. The van der Waals surface area contributed by atoms with Gasteiger partial charge in [0.15, 0.2) is 0 Å². The molecule has 19 heavy (non-hydrogen) atoms. The van der Waals surface area contributed by atoms with E-state index in [1.807, 2.05) is 31.3 Å². The van der Waals surface area contributed by atoms with Gasteiger partial charge in [-0.1, -0.05) is 26.0 Å². The van der Waals surface area contributed by atoms with Crippen molar-refractivity contribution < 1.29 is 4.79 Å². The van der Waals surface area contributed by atoms with Crippen LogP contribution in [0.15, 0.2) is 24.3 Å². The number of nitrogens with two attached hydrogens (primary N) is 1. The molecule has 4 nitrogen and oxygen atoms in total. The van der Waals surface area contributed by atoms with E-state index in [0.717, 1.165) is 11.3 Å². The van der Waals surface area contributed by atoms with Gasteiger partial charge in [-0.2, -0.15) is 0 Å². The summed E-state index contributed by atoms with van der Waals surface area (Å²) in [5.74, 6) is 0.530. The van der Waals surface area contributed by atoms with Gasteiger partial charge in [0.2, 0.25) is 5.91 Å². The maximum Gasteiger partial charge on any atom is 0.238 e.